The van der Waals surface area contributed by atoms with E-state index in [1.54, 1.807) is 31.4 Å². The number of methoxy groups -OCH3 is 3. The normalized spacial score (nSPS) is 16.6. The van der Waals surface area contributed by atoms with Gasteiger partial charge in [0.25, 0.3) is 11.8 Å². The summed E-state index contributed by atoms with van der Waals surface area (Å²) in [5.74, 6) is 1.32. The molecule has 10 nitrogen and oxygen atoms in total. The third kappa shape index (κ3) is 6.71. The molecule has 2 aliphatic heterocycles. The Morgan fingerprint density at radius 3 is 2.17 bits per heavy atom. The van der Waals surface area contributed by atoms with Crippen LogP contribution in [0.3, 0.4) is 0 Å². The molecule has 2 aliphatic rings. The molecule has 3 aromatic rings. The van der Waals surface area contributed by atoms with Gasteiger partial charge in [0.15, 0.2) is 0 Å². The first-order valence-corrected chi connectivity index (χ1v) is 14.2. The van der Waals surface area contributed by atoms with Crippen LogP contribution in [0.25, 0.3) is 0 Å². The van der Waals surface area contributed by atoms with Gasteiger partial charge in [-0.3, -0.25) is 9.59 Å². The molecule has 42 heavy (non-hydrogen) atoms. The summed E-state index contributed by atoms with van der Waals surface area (Å²) >= 11 is 0. The highest BCUT2D eigenvalue weighted by molar-refractivity contribution is 6.06. The zero-order valence-corrected chi connectivity index (χ0v) is 24.4. The van der Waals surface area contributed by atoms with E-state index in [0.29, 0.717) is 34.9 Å². The Labute approximate surface area is 246 Å². The molecule has 2 saturated heterocycles. The van der Waals surface area contributed by atoms with Crippen LogP contribution in [-0.2, 0) is 4.74 Å². The number of carbonyl (C=O) groups excluding carboxylic acids is 2. The van der Waals surface area contributed by atoms with Crippen molar-refractivity contribution in [2.24, 2.45) is 0 Å². The maximum Gasteiger partial charge on any atom is 0.255 e. The molecule has 5 rings (SSSR count). The van der Waals surface area contributed by atoms with Gasteiger partial charge in [0.1, 0.15) is 17.2 Å². The highest BCUT2D eigenvalue weighted by Crippen LogP contribution is 2.31. The molecule has 0 aliphatic carbocycles. The molecular weight excluding hydrogens is 536 g/mol. The summed E-state index contributed by atoms with van der Waals surface area (Å²) in [7, 11) is 4.75. The van der Waals surface area contributed by atoms with Gasteiger partial charge in [-0.15, -0.1) is 0 Å². The lowest BCUT2D eigenvalue weighted by Crippen LogP contribution is -2.47. The molecule has 0 saturated carbocycles. The molecule has 1 unspecified atom stereocenters. The standard InChI is InChI=1S/C32H38N4O6/c1-39-25-17-22(18-26(20-25)40-2)31(37)34-23-10-11-28(27(19-23)32(38)33-21-24-7-6-16-42-24)35-12-14-36(15-13-35)29-8-4-5-9-30(29)41-3/h4-5,8-11,17-20,24H,6-7,12-16,21H2,1-3H3,(H,33,38)(H,34,37). The van der Waals surface area contributed by atoms with Crippen molar-refractivity contribution in [3.63, 3.8) is 0 Å². The summed E-state index contributed by atoms with van der Waals surface area (Å²) in [4.78, 5) is 31.2. The van der Waals surface area contributed by atoms with Gasteiger partial charge in [-0.1, -0.05) is 12.1 Å². The molecule has 222 valence electrons. The van der Waals surface area contributed by atoms with E-state index in [4.69, 9.17) is 18.9 Å². The number of rotatable bonds is 10. The van der Waals surface area contributed by atoms with Crippen LogP contribution in [0.5, 0.6) is 17.2 Å². The lowest BCUT2D eigenvalue weighted by Gasteiger charge is -2.38. The van der Waals surface area contributed by atoms with Gasteiger partial charge in [-0.05, 0) is 55.3 Å². The molecule has 0 spiro atoms. The van der Waals surface area contributed by atoms with Gasteiger partial charge in [-0.2, -0.15) is 0 Å². The summed E-state index contributed by atoms with van der Waals surface area (Å²) < 4.78 is 21.9. The zero-order valence-electron chi connectivity index (χ0n) is 24.4. The third-order valence-corrected chi connectivity index (χ3v) is 7.67. The Hall–Kier alpha value is -4.44. The van der Waals surface area contributed by atoms with Crippen molar-refractivity contribution < 1.29 is 28.5 Å². The van der Waals surface area contributed by atoms with Crippen molar-refractivity contribution in [2.75, 3.05) is 75.8 Å². The van der Waals surface area contributed by atoms with Crippen LogP contribution in [0.4, 0.5) is 17.1 Å². The SMILES string of the molecule is COc1cc(OC)cc(C(=O)Nc2ccc(N3CCN(c4ccccc4OC)CC3)c(C(=O)NCC3CCCO3)c2)c1. The minimum Gasteiger partial charge on any atom is -0.497 e. The average molecular weight is 575 g/mol. The van der Waals surface area contributed by atoms with Gasteiger partial charge >= 0.3 is 0 Å². The Balaban J connectivity index is 1.36. The Kier molecular flexibility index (Phi) is 9.33. The summed E-state index contributed by atoms with van der Waals surface area (Å²) in [5, 5.41) is 5.98. The van der Waals surface area contributed by atoms with E-state index in [1.165, 1.54) is 14.2 Å². The monoisotopic (exact) mass is 574 g/mol. The van der Waals surface area contributed by atoms with Gasteiger partial charge in [0.2, 0.25) is 0 Å². The van der Waals surface area contributed by atoms with Crippen molar-refractivity contribution in [3.05, 3.63) is 71.8 Å². The van der Waals surface area contributed by atoms with E-state index >= 15 is 0 Å². The van der Waals surface area contributed by atoms with E-state index in [2.05, 4.69) is 26.5 Å². The van der Waals surface area contributed by atoms with Crippen LogP contribution in [0.2, 0.25) is 0 Å². The number of nitrogens with one attached hydrogen (secondary N) is 2. The summed E-state index contributed by atoms with van der Waals surface area (Å²) in [6.45, 7) is 4.15. The summed E-state index contributed by atoms with van der Waals surface area (Å²) in [6.07, 6.45) is 1.95. The van der Waals surface area contributed by atoms with E-state index in [1.807, 2.05) is 30.3 Å². The van der Waals surface area contributed by atoms with Gasteiger partial charge in [0, 0.05) is 62.3 Å². The largest absolute Gasteiger partial charge is 0.497 e. The second-order valence-electron chi connectivity index (χ2n) is 10.3. The van der Waals surface area contributed by atoms with Crippen LogP contribution in [0.15, 0.2) is 60.7 Å². The molecule has 2 N–H and O–H groups in total. The number of anilines is 3. The molecule has 0 aromatic heterocycles. The quantitative estimate of drug-likeness (QED) is 0.372. The maximum atomic E-state index is 13.5. The first-order valence-electron chi connectivity index (χ1n) is 14.2. The lowest BCUT2D eigenvalue weighted by molar-refractivity contribution is 0.0858. The van der Waals surface area contributed by atoms with Crippen molar-refractivity contribution in [3.8, 4) is 17.2 Å². The average Bonchev–Trinajstić information content (AvgIpc) is 3.57. The lowest BCUT2D eigenvalue weighted by atomic mass is 10.1. The molecule has 0 bridgehead atoms. The summed E-state index contributed by atoms with van der Waals surface area (Å²) in [6, 6.07) is 18.5. The number of ether oxygens (including phenoxy) is 4. The number of hydrogen-bond acceptors (Lipinski definition) is 8. The van der Waals surface area contributed by atoms with Gasteiger partial charge < -0.3 is 39.4 Å². The molecule has 2 heterocycles. The van der Waals surface area contributed by atoms with E-state index in [9.17, 15) is 9.59 Å². The van der Waals surface area contributed by atoms with Crippen LogP contribution in [0, 0.1) is 0 Å². The van der Waals surface area contributed by atoms with Crippen LogP contribution >= 0.6 is 0 Å². The number of hydrogen-bond donors (Lipinski definition) is 2. The van der Waals surface area contributed by atoms with Crippen molar-refractivity contribution in [1.82, 2.24) is 5.32 Å². The van der Waals surface area contributed by atoms with Gasteiger partial charge in [0.05, 0.1) is 38.7 Å². The predicted octanol–water partition coefficient (Wildman–Crippen LogP) is 4.20. The molecule has 1 atom stereocenters. The highest BCUT2D eigenvalue weighted by Gasteiger charge is 2.25. The van der Waals surface area contributed by atoms with Crippen molar-refractivity contribution >= 4 is 28.9 Å². The molecule has 3 aromatic carbocycles. The maximum absolute atomic E-state index is 13.5. The topological polar surface area (TPSA) is 102 Å². The number of piperazine rings is 1. The number of amides is 2. The van der Waals surface area contributed by atoms with E-state index < -0.39 is 0 Å². The van der Waals surface area contributed by atoms with Gasteiger partial charge in [-0.25, -0.2) is 0 Å². The second-order valence-corrected chi connectivity index (χ2v) is 10.3. The first-order chi connectivity index (χ1) is 20.5. The van der Waals surface area contributed by atoms with Crippen LogP contribution in [0.1, 0.15) is 33.6 Å². The van der Waals surface area contributed by atoms with E-state index in [-0.39, 0.29) is 17.9 Å². The highest BCUT2D eigenvalue weighted by atomic mass is 16.5. The van der Waals surface area contributed by atoms with Crippen molar-refractivity contribution in [1.29, 1.82) is 0 Å². The Morgan fingerprint density at radius 2 is 1.52 bits per heavy atom. The Bertz CT molecular complexity index is 1380. The van der Waals surface area contributed by atoms with E-state index in [0.717, 1.165) is 62.8 Å². The number of benzene rings is 3. The summed E-state index contributed by atoms with van der Waals surface area (Å²) in [5.41, 5.74) is 3.27. The molecular formula is C32H38N4O6. The smallest absolute Gasteiger partial charge is 0.255 e. The number of carbonyl (C=O) groups is 2. The fourth-order valence-electron chi connectivity index (χ4n) is 5.40. The number of para-hydroxylation sites is 2. The fraction of sp³-hybridized carbons (Fsp3) is 0.375. The minimum absolute atomic E-state index is 0.0210. The molecule has 10 heteroatoms. The molecule has 2 fully saturated rings. The predicted molar refractivity (Wildman–Crippen MR) is 163 cm³/mol. The molecule has 0 radical (unpaired) electrons. The minimum atomic E-state index is -0.337. The van der Waals surface area contributed by atoms with Crippen molar-refractivity contribution in [2.45, 2.75) is 18.9 Å². The van der Waals surface area contributed by atoms with Crippen LogP contribution < -0.4 is 34.6 Å². The molecule has 2 amide bonds. The third-order valence-electron chi connectivity index (χ3n) is 7.67. The van der Waals surface area contributed by atoms with Crippen LogP contribution in [-0.4, -0.2) is 78.6 Å². The second kappa shape index (κ2) is 13.5. The fourth-order valence-corrected chi connectivity index (χ4v) is 5.40. The first kappa shape index (κ1) is 29.1. The Morgan fingerprint density at radius 1 is 0.833 bits per heavy atom. The zero-order chi connectivity index (χ0) is 29.5. The number of nitrogens with zero attached hydrogens (tertiary/aromatic N) is 2.